The predicted octanol–water partition coefficient (Wildman–Crippen LogP) is 3.73. The van der Waals surface area contributed by atoms with Gasteiger partial charge in [-0.25, -0.2) is 17.9 Å². The van der Waals surface area contributed by atoms with Crippen molar-refractivity contribution in [2.75, 3.05) is 0 Å². The third-order valence-electron chi connectivity index (χ3n) is 4.63. The third kappa shape index (κ3) is 2.70. The number of rotatable bonds is 3. The lowest BCUT2D eigenvalue weighted by atomic mass is 9.95. The molecular weight excluding hydrogens is 325 g/mol. The second-order valence-corrected chi connectivity index (χ2v) is 7.99. The van der Waals surface area contributed by atoms with E-state index in [0.29, 0.717) is 0 Å². The highest BCUT2D eigenvalue weighted by Crippen LogP contribution is 2.57. The highest BCUT2D eigenvalue weighted by atomic mass is 32.2. The summed E-state index contributed by atoms with van der Waals surface area (Å²) in [5.41, 5.74) is 4.12. The Labute approximate surface area is 140 Å². The van der Waals surface area contributed by atoms with E-state index in [1.54, 1.807) is 24.3 Å². The summed E-state index contributed by atoms with van der Waals surface area (Å²) < 4.78 is 36.0. The highest BCUT2D eigenvalue weighted by molar-refractivity contribution is 7.89. The number of sulfonamides is 1. The van der Waals surface area contributed by atoms with Gasteiger partial charge in [0.1, 0.15) is 5.82 Å². The molecule has 0 atom stereocenters. The lowest BCUT2D eigenvalue weighted by molar-refractivity contribution is 0.598. The summed E-state index contributed by atoms with van der Waals surface area (Å²) in [7, 11) is -3.70. The Morgan fingerprint density at radius 1 is 0.833 bits per heavy atom. The number of halogens is 1. The number of primary sulfonamides is 1. The van der Waals surface area contributed by atoms with Crippen LogP contribution in [0.4, 0.5) is 4.39 Å². The van der Waals surface area contributed by atoms with Gasteiger partial charge in [0.2, 0.25) is 10.0 Å². The van der Waals surface area contributed by atoms with Crippen LogP contribution in [0.3, 0.4) is 0 Å². The molecular formula is C19H16FNO2S. The van der Waals surface area contributed by atoms with Crippen LogP contribution in [0.5, 0.6) is 0 Å². The largest absolute Gasteiger partial charge is 0.238 e. The van der Waals surface area contributed by atoms with E-state index in [4.69, 9.17) is 5.14 Å². The summed E-state index contributed by atoms with van der Waals surface area (Å²) in [5.74, 6) is -0.262. The fourth-order valence-corrected chi connectivity index (χ4v) is 3.65. The van der Waals surface area contributed by atoms with E-state index < -0.39 is 10.0 Å². The fourth-order valence-electron chi connectivity index (χ4n) is 3.14. The van der Waals surface area contributed by atoms with E-state index >= 15 is 0 Å². The monoisotopic (exact) mass is 341 g/mol. The average Bonchev–Trinajstić information content (AvgIpc) is 3.19. The van der Waals surface area contributed by atoms with Gasteiger partial charge in [0.05, 0.1) is 4.90 Å². The molecule has 2 aromatic rings. The van der Waals surface area contributed by atoms with Crippen LogP contribution in [-0.4, -0.2) is 8.42 Å². The van der Waals surface area contributed by atoms with E-state index in [9.17, 15) is 12.8 Å². The Kier molecular flexibility index (Phi) is 3.27. The molecule has 0 aromatic heterocycles. The van der Waals surface area contributed by atoms with Gasteiger partial charge in [-0.1, -0.05) is 36.4 Å². The van der Waals surface area contributed by atoms with Gasteiger partial charge in [-0.3, -0.25) is 0 Å². The van der Waals surface area contributed by atoms with Gasteiger partial charge in [0.25, 0.3) is 0 Å². The molecule has 0 radical (unpaired) electrons. The molecule has 1 fully saturated rings. The van der Waals surface area contributed by atoms with Gasteiger partial charge >= 0.3 is 0 Å². The molecule has 1 spiro atoms. The van der Waals surface area contributed by atoms with Crippen molar-refractivity contribution in [1.82, 2.24) is 0 Å². The van der Waals surface area contributed by atoms with Crippen LogP contribution in [0, 0.1) is 11.2 Å². The van der Waals surface area contributed by atoms with Crippen molar-refractivity contribution in [3.8, 4) is 0 Å². The molecule has 0 amide bonds. The molecule has 2 N–H and O–H groups in total. The zero-order valence-electron chi connectivity index (χ0n) is 12.9. The summed E-state index contributed by atoms with van der Waals surface area (Å²) in [4.78, 5) is 0.0956. The second kappa shape index (κ2) is 5.13. The van der Waals surface area contributed by atoms with Crippen LogP contribution >= 0.6 is 0 Å². The number of hydrogen-bond donors (Lipinski definition) is 1. The number of nitrogens with two attached hydrogens (primary N) is 1. The molecule has 4 rings (SSSR count). The van der Waals surface area contributed by atoms with Crippen molar-refractivity contribution in [3.05, 3.63) is 77.6 Å². The molecule has 5 heteroatoms. The molecule has 1 saturated carbocycles. The normalized spacial score (nSPS) is 18.4. The summed E-state index contributed by atoms with van der Waals surface area (Å²) in [6, 6.07) is 13.0. The van der Waals surface area contributed by atoms with E-state index in [-0.39, 0.29) is 16.1 Å². The van der Waals surface area contributed by atoms with Crippen LogP contribution in [0.1, 0.15) is 24.0 Å². The van der Waals surface area contributed by atoms with Crippen molar-refractivity contribution >= 4 is 21.2 Å². The van der Waals surface area contributed by atoms with E-state index in [1.165, 1.54) is 24.3 Å². The molecule has 122 valence electrons. The Hall–Kier alpha value is -2.24. The van der Waals surface area contributed by atoms with Gasteiger partial charge in [-0.2, -0.15) is 0 Å². The van der Waals surface area contributed by atoms with Crippen LogP contribution in [0.25, 0.3) is 11.1 Å². The topological polar surface area (TPSA) is 60.2 Å². The quantitative estimate of drug-likeness (QED) is 0.924. The first kappa shape index (κ1) is 15.3. The van der Waals surface area contributed by atoms with Crippen LogP contribution in [0.2, 0.25) is 0 Å². The number of benzene rings is 2. The van der Waals surface area contributed by atoms with Gasteiger partial charge in [0, 0.05) is 5.41 Å². The molecule has 0 bridgehead atoms. The first-order valence-corrected chi connectivity index (χ1v) is 9.26. The van der Waals surface area contributed by atoms with E-state index in [1.807, 2.05) is 0 Å². The maximum absolute atomic E-state index is 13.2. The van der Waals surface area contributed by atoms with Gasteiger partial charge < -0.3 is 0 Å². The zero-order chi connectivity index (χ0) is 16.9. The third-order valence-corrected chi connectivity index (χ3v) is 5.56. The molecule has 0 unspecified atom stereocenters. The number of hydrogen-bond acceptors (Lipinski definition) is 2. The van der Waals surface area contributed by atoms with Crippen molar-refractivity contribution < 1.29 is 12.8 Å². The Morgan fingerprint density at radius 3 is 1.71 bits per heavy atom. The molecule has 2 aliphatic rings. The zero-order valence-corrected chi connectivity index (χ0v) is 13.7. The Morgan fingerprint density at radius 2 is 1.29 bits per heavy atom. The van der Waals surface area contributed by atoms with Crippen molar-refractivity contribution in [1.29, 1.82) is 0 Å². The van der Waals surface area contributed by atoms with Crippen LogP contribution in [0.15, 0.2) is 65.6 Å². The minimum atomic E-state index is -3.70. The molecule has 2 aliphatic carbocycles. The Balaban J connectivity index is 1.76. The molecule has 2 aromatic carbocycles. The SMILES string of the molecule is NS(=O)(=O)c1ccc(C2=CC3(C=C2c2ccc(F)cc2)CC3)cc1. The standard InChI is InChI=1S/C19H16FNO2S/c20-15-5-1-13(2-6-15)17-11-19(9-10-19)12-18(17)14-3-7-16(8-4-14)24(21,22)23/h1-8,11-12H,9-10H2,(H2,21,22,23). The molecule has 24 heavy (non-hydrogen) atoms. The predicted molar refractivity (Wildman–Crippen MR) is 91.8 cm³/mol. The second-order valence-electron chi connectivity index (χ2n) is 6.43. The summed E-state index contributed by atoms with van der Waals surface area (Å²) in [5, 5.41) is 5.16. The maximum Gasteiger partial charge on any atom is 0.238 e. The summed E-state index contributed by atoms with van der Waals surface area (Å²) in [6.45, 7) is 0. The van der Waals surface area contributed by atoms with Crippen LogP contribution < -0.4 is 5.14 Å². The summed E-state index contributed by atoms with van der Waals surface area (Å²) >= 11 is 0. The van der Waals surface area contributed by atoms with E-state index in [2.05, 4.69) is 12.2 Å². The first-order valence-electron chi connectivity index (χ1n) is 7.72. The minimum Gasteiger partial charge on any atom is -0.225 e. The van der Waals surface area contributed by atoms with Crippen LogP contribution in [-0.2, 0) is 10.0 Å². The fraction of sp³-hybridized carbons (Fsp3) is 0.158. The molecule has 0 saturated heterocycles. The molecule has 0 aliphatic heterocycles. The highest BCUT2D eigenvalue weighted by Gasteiger charge is 2.43. The van der Waals surface area contributed by atoms with Crippen molar-refractivity contribution in [3.63, 3.8) is 0 Å². The minimum absolute atomic E-state index is 0.0956. The van der Waals surface area contributed by atoms with Gasteiger partial charge in [-0.15, -0.1) is 0 Å². The smallest absolute Gasteiger partial charge is 0.225 e. The Bertz CT molecular complexity index is 967. The lowest BCUT2D eigenvalue weighted by Crippen LogP contribution is -2.11. The first-order chi connectivity index (χ1) is 11.4. The molecule has 3 nitrogen and oxygen atoms in total. The molecule has 0 heterocycles. The van der Waals surface area contributed by atoms with E-state index in [0.717, 1.165) is 35.1 Å². The van der Waals surface area contributed by atoms with Gasteiger partial charge in [0.15, 0.2) is 0 Å². The maximum atomic E-state index is 13.2. The average molecular weight is 341 g/mol. The number of allylic oxidation sites excluding steroid dienone is 4. The van der Waals surface area contributed by atoms with Crippen molar-refractivity contribution in [2.24, 2.45) is 10.6 Å². The van der Waals surface area contributed by atoms with Crippen molar-refractivity contribution in [2.45, 2.75) is 17.7 Å². The lowest BCUT2D eigenvalue weighted by Gasteiger charge is -2.10. The summed E-state index contributed by atoms with van der Waals surface area (Å²) in [6.07, 6.45) is 6.69. The van der Waals surface area contributed by atoms with Gasteiger partial charge in [-0.05, 0) is 59.4 Å².